The third-order valence-electron chi connectivity index (χ3n) is 3.21. The van der Waals surface area contributed by atoms with Crippen LogP contribution in [-0.4, -0.2) is 32.1 Å². The van der Waals surface area contributed by atoms with Crippen LogP contribution in [0.3, 0.4) is 0 Å². The fraction of sp³-hybridized carbons (Fsp3) is 0.562. The van der Waals surface area contributed by atoms with Crippen LogP contribution in [0, 0.1) is 23.7 Å². The van der Waals surface area contributed by atoms with Gasteiger partial charge in [-0.2, -0.15) is 5.26 Å². The van der Waals surface area contributed by atoms with Gasteiger partial charge in [-0.05, 0) is 51.4 Å². The molecule has 0 saturated heterocycles. The number of methoxy groups -OCH3 is 1. The molecule has 0 aliphatic rings. The van der Waals surface area contributed by atoms with E-state index >= 15 is 0 Å². The monoisotopic (exact) mass is 260 g/mol. The van der Waals surface area contributed by atoms with E-state index in [1.807, 2.05) is 19.9 Å². The minimum absolute atomic E-state index is 0.287. The smallest absolute Gasteiger partial charge is 0.121 e. The molecule has 0 saturated carbocycles. The summed E-state index contributed by atoms with van der Waals surface area (Å²) in [4.78, 5) is 2.21. The molecular weight excluding hydrogens is 236 g/mol. The number of rotatable bonds is 6. The van der Waals surface area contributed by atoms with E-state index in [-0.39, 0.29) is 5.41 Å². The van der Waals surface area contributed by atoms with Gasteiger partial charge in [0.05, 0.1) is 18.6 Å². The molecule has 0 unspecified atom stereocenters. The van der Waals surface area contributed by atoms with Gasteiger partial charge in [0.2, 0.25) is 0 Å². The summed E-state index contributed by atoms with van der Waals surface area (Å²) in [6, 6.07) is 8.63. The largest absolute Gasteiger partial charge is 0.496 e. The summed E-state index contributed by atoms with van der Waals surface area (Å²) in [6.07, 6.45) is 0.989. The summed E-state index contributed by atoms with van der Waals surface area (Å²) in [6.45, 7) is 7.75. The first-order chi connectivity index (χ1) is 8.88. The Balaban J connectivity index is 2.53. The Kier molecular flexibility index (Phi) is 5.38. The zero-order valence-corrected chi connectivity index (χ0v) is 12.7. The first kappa shape index (κ1) is 15.5. The summed E-state index contributed by atoms with van der Waals surface area (Å²) in [5.41, 5.74) is 2.19. The molecule has 0 bridgehead atoms. The van der Waals surface area contributed by atoms with Crippen LogP contribution in [0.4, 0.5) is 0 Å². The predicted octanol–water partition coefficient (Wildman–Crippen LogP) is 3.03. The van der Waals surface area contributed by atoms with Gasteiger partial charge in [0.1, 0.15) is 5.75 Å². The number of ether oxygens (including phenoxy) is 1. The summed E-state index contributed by atoms with van der Waals surface area (Å²) >= 11 is 0. The first-order valence-corrected chi connectivity index (χ1v) is 6.61. The second kappa shape index (κ2) is 6.58. The zero-order chi connectivity index (χ0) is 14.5. The van der Waals surface area contributed by atoms with Crippen molar-refractivity contribution in [2.24, 2.45) is 5.41 Å². The van der Waals surface area contributed by atoms with Crippen LogP contribution >= 0.6 is 0 Å². The molecule has 0 heterocycles. The van der Waals surface area contributed by atoms with Gasteiger partial charge in [-0.3, -0.25) is 0 Å². The maximum absolute atomic E-state index is 9.03. The maximum atomic E-state index is 9.03. The summed E-state index contributed by atoms with van der Waals surface area (Å²) in [5, 5.41) is 9.03. The fourth-order valence-electron chi connectivity index (χ4n) is 2.21. The van der Waals surface area contributed by atoms with Gasteiger partial charge in [0.15, 0.2) is 0 Å². The van der Waals surface area contributed by atoms with Gasteiger partial charge in [-0.1, -0.05) is 12.1 Å². The second-order valence-corrected chi connectivity index (χ2v) is 5.79. The maximum Gasteiger partial charge on any atom is 0.121 e. The quantitative estimate of drug-likeness (QED) is 0.789. The lowest BCUT2D eigenvalue weighted by atomic mass is 9.95. The molecule has 104 valence electrons. The molecular formula is C16H24N2O. The lowest BCUT2D eigenvalue weighted by Gasteiger charge is -2.24. The highest BCUT2D eigenvalue weighted by Crippen LogP contribution is 2.19. The van der Waals surface area contributed by atoms with Crippen LogP contribution in [0.2, 0.25) is 0 Å². The number of hydrogen-bond donors (Lipinski definition) is 0. The second-order valence-electron chi connectivity index (χ2n) is 5.79. The number of benzene rings is 1. The Labute approximate surface area is 116 Å². The summed E-state index contributed by atoms with van der Waals surface area (Å²) in [7, 11) is 3.76. The number of likely N-dealkylation sites (N-methyl/N-ethyl adjacent to an activating group) is 1. The lowest BCUT2D eigenvalue weighted by molar-refractivity contribution is 0.258. The van der Waals surface area contributed by atoms with Crippen LogP contribution in [0.5, 0.6) is 5.75 Å². The van der Waals surface area contributed by atoms with E-state index < -0.39 is 0 Å². The fourth-order valence-corrected chi connectivity index (χ4v) is 2.21. The van der Waals surface area contributed by atoms with Crippen LogP contribution in [0.25, 0.3) is 0 Å². The average Bonchev–Trinajstić information content (AvgIpc) is 2.36. The number of nitrogens with zero attached hydrogens (tertiary/aromatic N) is 2. The van der Waals surface area contributed by atoms with Crippen molar-refractivity contribution in [3.63, 3.8) is 0 Å². The van der Waals surface area contributed by atoms with Crippen LogP contribution < -0.4 is 4.74 Å². The van der Waals surface area contributed by atoms with Crippen molar-refractivity contribution in [2.45, 2.75) is 27.2 Å². The Morgan fingerprint density at radius 3 is 2.58 bits per heavy atom. The molecule has 1 aromatic carbocycles. The Morgan fingerprint density at radius 1 is 1.37 bits per heavy atom. The van der Waals surface area contributed by atoms with Crippen LogP contribution in [0.1, 0.15) is 25.0 Å². The minimum Gasteiger partial charge on any atom is -0.496 e. The van der Waals surface area contributed by atoms with Crippen molar-refractivity contribution in [1.29, 1.82) is 5.26 Å². The summed E-state index contributed by atoms with van der Waals surface area (Å²) < 4.78 is 5.26. The molecule has 0 aliphatic carbocycles. The number of hydrogen-bond acceptors (Lipinski definition) is 3. The van der Waals surface area contributed by atoms with Crippen molar-refractivity contribution in [1.82, 2.24) is 4.90 Å². The van der Waals surface area contributed by atoms with Crippen LogP contribution in [-0.2, 0) is 6.42 Å². The average molecular weight is 260 g/mol. The molecule has 1 aromatic rings. The van der Waals surface area contributed by atoms with Gasteiger partial charge in [0.25, 0.3) is 0 Å². The van der Waals surface area contributed by atoms with Gasteiger partial charge in [-0.15, -0.1) is 0 Å². The highest BCUT2D eigenvalue weighted by atomic mass is 16.5. The molecule has 0 spiro atoms. The van der Waals surface area contributed by atoms with Gasteiger partial charge in [-0.25, -0.2) is 0 Å². The molecule has 0 aromatic heterocycles. The highest BCUT2D eigenvalue weighted by Gasteiger charge is 2.18. The van der Waals surface area contributed by atoms with Crippen molar-refractivity contribution in [2.75, 3.05) is 27.2 Å². The molecule has 0 fully saturated rings. The van der Waals surface area contributed by atoms with Crippen molar-refractivity contribution in [3.8, 4) is 11.8 Å². The van der Waals surface area contributed by atoms with Gasteiger partial charge >= 0.3 is 0 Å². The molecule has 0 atom stereocenters. The molecule has 0 aliphatic heterocycles. The topological polar surface area (TPSA) is 36.3 Å². The third kappa shape index (κ3) is 4.92. The van der Waals surface area contributed by atoms with E-state index in [0.717, 1.165) is 25.3 Å². The number of aryl methyl sites for hydroxylation is 1. The third-order valence-corrected chi connectivity index (χ3v) is 3.21. The molecule has 3 nitrogen and oxygen atoms in total. The molecule has 19 heavy (non-hydrogen) atoms. The Hall–Kier alpha value is -1.53. The van der Waals surface area contributed by atoms with Crippen LogP contribution in [0.15, 0.2) is 18.2 Å². The standard InChI is InChI=1S/C16H24N2O/c1-13-10-14(6-7-15(13)19-5)8-9-18(4)12-16(2,3)11-17/h6-7,10H,8-9,12H2,1-5H3. The van der Waals surface area contributed by atoms with E-state index in [4.69, 9.17) is 10.00 Å². The SMILES string of the molecule is COc1ccc(CCN(C)CC(C)(C)C#N)cc1C. The minimum atomic E-state index is -0.287. The van der Waals surface area contributed by atoms with Crippen molar-refractivity contribution in [3.05, 3.63) is 29.3 Å². The molecule has 3 heteroatoms. The summed E-state index contributed by atoms with van der Waals surface area (Å²) in [5.74, 6) is 0.933. The number of nitriles is 1. The normalized spacial score (nSPS) is 11.4. The predicted molar refractivity (Wildman–Crippen MR) is 78.3 cm³/mol. The van der Waals surface area contributed by atoms with Gasteiger partial charge < -0.3 is 9.64 Å². The van der Waals surface area contributed by atoms with Crippen molar-refractivity contribution >= 4 is 0 Å². The Bertz CT molecular complexity index is 460. The van der Waals surface area contributed by atoms with Gasteiger partial charge in [0, 0.05) is 13.1 Å². The molecule has 0 amide bonds. The van der Waals surface area contributed by atoms with Crippen molar-refractivity contribution < 1.29 is 4.74 Å². The molecule has 0 radical (unpaired) electrons. The van der Waals surface area contributed by atoms with E-state index in [2.05, 4.69) is 37.1 Å². The molecule has 1 rings (SSSR count). The first-order valence-electron chi connectivity index (χ1n) is 6.61. The van der Waals surface area contributed by atoms with E-state index in [1.54, 1.807) is 7.11 Å². The zero-order valence-electron chi connectivity index (χ0n) is 12.7. The molecule has 0 N–H and O–H groups in total. The lowest BCUT2D eigenvalue weighted by Crippen LogP contribution is -2.31. The highest BCUT2D eigenvalue weighted by molar-refractivity contribution is 5.36. The van der Waals surface area contributed by atoms with E-state index in [9.17, 15) is 0 Å². The van der Waals surface area contributed by atoms with E-state index in [0.29, 0.717) is 0 Å². The van der Waals surface area contributed by atoms with E-state index in [1.165, 1.54) is 11.1 Å². The Morgan fingerprint density at radius 2 is 2.05 bits per heavy atom.